The van der Waals surface area contributed by atoms with E-state index in [9.17, 15) is 9.59 Å². The number of nitrogens with zero attached hydrogens (tertiary/aromatic N) is 1. The number of hydrogen-bond acceptors (Lipinski definition) is 3. The Morgan fingerprint density at radius 2 is 2.00 bits per heavy atom. The van der Waals surface area contributed by atoms with Crippen LogP contribution >= 0.6 is 27.5 Å². The van der Waals surface area contributed by atoms with E-state index in [0.29, 0.717) is 20.4 Å². The van der Waals surface area contributed by atoms with E-state index in [0.717, 1.165) is 0 Å². The van der Waals surface area contributed by atoms with Gasteiger partial charge in [0.15, 0.2) is 5.75 Å². The van der Waals surface area contributed by atoms with Crippen LogP contribution in [0, 0.1) is 0 Å². The first-order valence-electron chi connectivity index (χ1n) is 5.10. The molecule has 4 nitrogen and oxygen atoms in total. The van der Waals surface area contributed by atoms with Gasteiger partial charge in [-0.05, 0) is 28.1 Å². The number of ether oxygens (including phenoxy) is 1. The van der Waals surface area contributed by atoms with Crippen LogP contribution in [0.5, 0.6) is 5.75 Å². The van der Waals surface area contributed by atoms with Gasteiger partial charge in [0.2, 0.25) is 5.91 Å². The summed E-state index contributed by atoms with van der Waals surface area (Å²) in [5, 5.41) is 0.945. The maximum atomic E-state index is 11.5. The van der Waals surface area contributed by atoms with Crippen molar-refractivity contribution in [1.29, 1.82) is 0 Å². The Bertz CT molecular complexity index is 663. The van der Waals surface area contributed by atoms with Gasteiger partial charge in [0.25, 0.3) is 0 Å². The summed E-state index contributed by atoms with van der Waals surface area (Å²) in [4.78, 5) is 22.6. The summed E-state index contributed by atoms with van der Waals surface area (Å²) in [7, 11) is 0. The zero-order valence-corrected chi connectivity index (χ0v) is 12.0. The van der Waals surface area contributed by atoms with Crippen LogP contribution < -0.4 is 4.74 Å². The third-order valence-electron chi connectivity index (χ3n) is 2.42. The molecule has 94 valence electrons. The molecular weight excluding hydrogens is 321 g/mol. The van der Waals surface area contributed by atoms with Crippen molar-refractivity contribution in [1.82, 2.24) is 4.57 Å². The van der Waals surface area contributed by atoms with Gasteiger partial charge in [0.05, 0.1) is 22.1 Å². The number of benzene rings is 1. The maximum absolute atomic E-state index is 11.5. The quantitative estimate of drug-likeness (QED) is 0.750. The van der Waals surface area contributed by atoms with Gasteiger partial charge in [0.1, 0.15) is 0 Å². The van der Waals surface area contributed by atoms with Crippen LogP contribution in [0.3, 0.4) is 0 Å². The van der Waals surface area contributed by atoms with E-state index in [-0.39, 0.29) is 11.7 Å². The summed E-state index contributed by atoms with van der Waals surface area (Å²) >= 11 is 9.47. The predicted octanol–water partition coefficient (Wildman–Crippen LogP) is 3.64. The lowest BCUT2D eigenvalue weighted by atomic mass is 10.2. The van der Waals surface area contributed by atoms with Crippen molar-refractivity contribution in [2.24, 2.45) is 0 Å². The average molecular weight is 331 g/mol. The standard InChI is InChI=1S/C12H9BrClNO3/c1-6(16)15-5-10(18-7(2)17)11-9(15)4-3-8(13)12(11)14/h3-5H,1-2H3. The first-order chi connectivity index (χ1) is 8.41. The Morgan fingerprint density at radius 1 is 1.33 bits per heavy atom. The second-order valence-electron chi connectivity index (χ2n) is 3.73. The Balaban J connectivity index is 2.81. The lowest BCUT2D eigenvalue weighted by Crippen LogP contribution is -2.03. The van der Waals surface area contributed by atoms with E-state index in [2.05, 4.69) is 15.9 Å². The average Bonchev–Trinajstić information content (AvgIpc) is 2.62. The molecule has 0 fully saturated rings. The predicted molar refractivity (Wildman–Crippen MR) is 72.3 cm³/mol. The highest BCUT2D eigenvalue weighted by Gasteiger charge is 2.17. The van der Waals surface area contributed by atoms with Crippen molar-refractivity contribution in [3.05, 3.63) is 27.8 Å². The number of carbonyl (C=O) groups is 2. The van der Waals surface area contributed by atoms with Gasteiger partial charge in [-0.1, -0.05) is 11.6 Å². The van der Waals surface area contributed by atoms with Gasteiger partial charge in [-0.2, -0.15) is 0 Å². The summed E-state index contributed by atoms with van der Waals surface area (Å²) in [5.74, 6) is -0.371. The van der Waals surface area contributed by atoms with Crippen LogP contribution in [-0.2, 0) is 4.79 Å². The highest BCUT2D eigenvalue weighted by Crippen LogP contribution is 2.38. The fourth-order valence-electron chi connectivity index (χ4n) is 1.72. The molecule has 0 saturated carbocycles. The van der Waals surface area contributed by atoms with Crippen molar-refractivity contribution in [3.63, 3.8) is 0 Å². The lowest BCUT2D eigenvalue weighted by molar-refractivity contribution is -0.131. The Kier molecular flexibility index (Phi) is 3.45. The molecule has 0 N–H and O–H groups in total. The minimum Gasteiger partial charge on any atom is -0.424 e. The number of carbonyl (C=O) groups excluding carboxylic acids is 2. The van der Waals surface area contributed by atoms with E-state index in [1.807, 2.05) is 0 Å². The molecule has 0 unspecified atom stereocenters. The van der Waals surface area contributed by atoms with Crippen molar-refractivity contribution in [2.45, 2.75) is 13.8 Å². The second-order valence-corrected chi connectivity index (χ2v) is 4.96. The summed E-state index contributed by atoms with van der Waals surface area (Å²) in [6.07, 6.45) is 1.46. The Hall–Kier alpha value is -1.33. The van der Waals surface area contributed by atoms with Crippen molar-refractivity contribution in [2.75, 3.05) is 0 Å². The smallest absolute Gasteiger partial charge is 0.308 e. The van der Waals surface area contributed by atoms with Crippen LogP contribution in [0.15, 0.2) is 22.8 Å². The summed E-state index contributed by atoms with van der Waals surface area (Å²) < 4.78 is 7.14. The molecule has 0 aliphatic heterocycles. The van der Waals surface area contributed by atoms with Crippen LogP contribution in [0.4, 0.5) is 0 Å². The summed E-state index contributed by atoms with van der Waals surface area (Å²) in [5.41, 5.74) is 0.604. The fourth-order valence-corrected chi connectivity index (χ4v) is 2.30. The van der Waals surface area contributed by atoms with Crippen LogP contribution in [0.25, 0.3) is 10.9 Å². The number of aromatic nitrogens is 1. The molecule has 0 spiro atoms. The number of fused-ring (bicyclic) bond motifs is 1. The van der Waals surface area contributed by atoms with E-state index in [4.69, 9.17) is 16.3 Å². The molecule has 0 saturated heterocycles. The fraction of sp³-hybridized carbons (Fsp3) is 0.167. The van der Waals surface area contributed by atoms with Gasteiger partial charge in [-0.25, -0.2) is 0 Å². The Labute approximate surface area is 117 Å². The van der Waals surface area contributed by atoms with E-state index in [1.54, 1.807) is 12.1 Å². The molecule has 6 heteroatoms. The highest BCUT2D eigenvalue weighted by molar-refractivity contribution is 9.10. The molecule has 0 amide bonds. The molecule has 2 rings (SSSR count). The molecule has 18 heavy (non-hydrogen) atoms. The SMILES string of the molecule is CC(=O)Oc1cn(C(C)=O)c2ccc(Br)c(Cl)c12. The normalized spacial score (nSPS) is 10.7. The first-order valence-corrected chi connectivity index (χ1v) is 6.27. The molecule has 1 aromatic heterocycles. The number of rotatable bonds is 1. The van der Waals surface area contributed by atoms with Gasteiger partial charge >= 0.3 is 5.97 Å². The van der Waals surface area contributed by atoms with E-state index < -0.39 is 5.97 Å². The van der Waals surface area contributed by atoms with Crippen molar-refractivity contribution < 1.29 is 14.3 Å². The van der Waals surface area contributed by atoms with Gasteiger partial charge < -0.3 is 4.74 Å². The monoisotopic (exact) mass is 329 g/mol. The van der Waals surface area contributed by atoms with Crippen molar-refractivity contribution >= 4 is 50.3 Å². The maximum Gasteiger partial charge on any atom is 0.308 e. The zero-order valence-electron chi connectivity index (χ0n) is 9.66. The molecule has 1 heterocycles. The van der Waals surface area contributed by atoms with Gasteiger partial charge in [-0.15, -0.1) is 0 Å². The molecule has 0 bridgehead atoms. The molecule has 0 atom stereocenters. The molecular formula is C12H9BrClNO3. The molecule has 1 aromatic carbocycles. The molecule has 0 aliphatic rings. The molecule has 2 aromatic rings. The van der Waals surface area contributed by atoms with Gasteiger partial charge in [-0.3, -0.25) is 14.2 Å². The second kappa shape index (κ2) is 4.74. The summed E-state index contributed by atoms with van der Waals surface area (Å²) in [6, 6.07) is 3.47. The zero-order chi connectivity index (χ0) is 13.4. The molecule has 0 radical (unpaired) electrons. The largest absolute Gasteiger partial charge is 0.424 e. The van der Waals surface area contributed by atoms with E-state index in [1.165, 1.54) is 24.6 Å². The topological polar surface area (TPSA) is 48.3 Å². The third-order valence-corrected chi connectivity index (χ3v) is 3.70. The van der Waals surface area contributed by atoms with Crippen molar-refractivity contribution in [3.8, 4) is 5.75 Å². The number of hydrogen-bond donors (Lipinski definition) is 0. The number of esters is 1. The lowest BCUT2D eigenvalue weighted by Gasteiger charge is -2.02. The third kappa shape index (κ3) is 2.15. The van der Waals surface area contributed by atoms with Gasteiger partial charge in [0, 0.05) is 18.3 Å². The number of halogens is 2. The summed E-state index contributed by atoms with van der Waals surface area (Å²) in [6.45, 7) is 2.72. The van der Waals surface area contributed by atoms with Crippen LogP contribution in [0.1, 0.15) is 18.6 Å². The minimum absolute atomic E-state index is 0.184. The Morgan fingerprint density at radius 3 is 2.56 bits per heavy atom. The molecule has 0 aliphatic carbocycles. The highest BCUT2D eigenvalue weighted by atomic mass is 79.9. The minimum atomic E-state index is -0.464. The van der Waals surface area contributed by atoms with Crippen LogP contribution in [0.2, 0.25) is 5.02 Å². The van der Waals surface area contributed by atoms with E-state index >= 15 is 0 Å². The first kappa shape index (κ1) is 13.1. The van der Waals surface area contributed by atoms with Crippen LogP contribution in [-0.4, -0.2) is 16.4 Å².